The van der Waals surface area contributed by atoms with Crippen LogP contribution in [0, 0.1) is 10.1 Å². The van der Waals surface area contributed by atoms with Crippen molar-refractivity contribution in [1.29, 1.82) is 0 Å². The Morgan fingerprint density at radius 1 is 0.968 bits per heavy atom. The lowest BCUT2D eigenvalue weighted by molar-refractivity contribution is -0.384. The zero-order valence-corrected chi connectivity index (χ0v) is 16.0. The van der Waals surface area contributed by atoms with E-state index in [1.165, 1.54) is 24.3 Å². The summed E-state index contributed by atoms with van der Waals surface area (Å²) < 4.78 is 0. The molecule has 152 valence electrons. The van der Waals surface area contributed by atoms with Gasteiger partial charge >= 0.3 is 0 Å². The Kier molecular flexibility index (Phi) is 5.31. The summed E-state index contributed by atoms with van der Waals surface area (Å²) in [5, 5.41) is 15.1. The second-order valence-corrected chi connectivity index (χ2v) is 6.50. The first kappa shape index (κ1) is 19.6. The minimum absolute atomic E-state index is 0.133. The maximum absolute atomic E-state index is 13.2. The van der Waals surface area contributed by atoms with Crippen LogP contribution >= 0.6 is 0 Å². The van der Waals surface area contributed by atoms with Gasteiger partial charge in [-0.2, -0.15) is 5.10 Å². The van der Waals surface area contributed by atoms with Gasteiger partial charge in [0.05, 0.1) is 21.6 Å². The molecule has 0 bridgehead atoms. The zero-order valence-electron chi connectivity index (χ0n) is 16.0. The topological polar surface area (TPSA) is 130 Å². The molecule has 0 atom stereocenters. The molecule has 0 aliphatic carbocycles. The highest BCUT2D eigenvalue weighted by molar-refractivity contribution is 6.51. The van der Waals surface area contributed by atoms with E-state index < -0.39 is 16.3 Å². The summed E-state index contributed by atoms with van der Waals surface area (Å²) in [4.78, 5) is 43.3. The Labute approximate surface area is 175 Å². The summed E-state index contributed by atoms with van der Waals surface area (Å²) in [5.74, 6) is -0.605. The third kappa shape index (κ3) is 4.20. The number of anilines is 1. The number of Topliss-reactive ketones (excluding diaryl/α,β-unsaturated/α-hetero) is 1. The average molecular weight is 413 g/mol. The van der Waals surface area contributed by atoms with Crippen molar-refractivity contribution in [3.05, 3.63) is 111 Å². The summed E-state index contributed by atoms with van der Waals surface area (Å²) in [6, 6.07) is 20.9. The summed E-state index contributed by atoms with van der Waals surface area (Å²) >= 11 is 0. The maximum Gasteiger partial charge on any atom is 0.276 e. The van der Waals surface area contributed by atoms with Crippen LogP contribution in [0.4, 0.5) is 11.4 Å². The molecule has 0 unspecified atom stereocenters. The van der Waals surface area contributed by atoms with Gasteiger partial charge in [-0.25, -0.2) is 4.98 Å². The van der Waals surface area contributed by atoms with Crippen LogP contribution in [0.25, 0.3) is 11.0 Å². The number of H-pyrrole nitrogens is 1. The Hall–Kier alpha value is -4.66. The van der Waals surface area contributed by atoms with Crippen LogP contribution < -0.4 is 11.0 Å². The van der Waals surface area contributed by atoms with Gasteiger partial charge in [0, 0.05) is 17.7 Å². The number of nitrogens with one attached hydrogen (secondary N) is 2. The summed E-state index contributed by atoms with van der Waals surface area (Å²) in [7, 11) is 0. The average Bonchev–Trinajstić information content (AvgIpc) is 2.80. The summed E-state index contributed by atoms with van der Waals surface area (Å²) in [5.41, 5.74) is 3.40. The molecule has 31 heavy (non-hydrogen) atoms. The van der Waals surface area contributed by atoms with E-state index in [2.05, 4.69) is 20.5 Å². The van der Waals surface area contributed by atoms with Crippen LogP contribution in [-0.2, 0) is 0 Å². The Balaban J connectivity index is 1.81. The smallest absolute Gasteiger partial charge is 0.276 e. The van der Waals surface area contributed by atoms with Crippen LogP contribution in [-0.4, -0.2) is 26.4 Å². The minimum atomic E-state index is -0.605. The SMILES string of the molecule is O=C(/C(=N\Nc1ccccc1)c1nc2ccccc2[nH]c1=O)c1ccc([N+](=O)[O-])cc1. The van der Waals surface area contributed by atoms with Gasteiger partial charge in [-0.05, 0) is 36.4 Å². The fraction of sp³-hybridized carbons (Fsp3) is 0. The molecule has 0 amide bonds. The third-order valence-electron chi connectivity index (χ3n) is 4.45. The van der Waals surface area contributed by atoms with Gasteiger partial charge in [-0.1, -0.05) is 30.3 Å². The molecule has 4 aromatic rings. The van der Waals surface area contributed by atoms with E-state index in [-0.39, 0.29) is 22.7 Å². The van der Waals surface area contributed by atoms with Gasteiger partial charge in [-0.15, -0.1) is 0 Å². The highest BCUT2D eigenvalue weighted by Crippen LogP contribution is 2.15. The molecule has 1 aromatic heterocycles. The highest BCUT2D eigenvalue weighted by atomic mass is 16.6. The van der Waals surface area contributed by atoms with E-state index >= 15 is 0 Å². The Bertz CT molecular complexity index is 1360. The maximum atomic E-state index is 13.2. The van der Waals surface area contributed by atoms with Crippen LogP contribution in [0.1, 0.15) is 16.1 Å². The van der Waals surface area contributed by atoms with Crippen molar-refractivity contribution in [2.45, 2.75) is 0 Å². The molecule has 9 heteroatoms. The predicted molar refractivity (Wildman–Crippen MR) is 116 cm³/mol. The number of aromatic nitrogens is 2. The van der Waals surface area contributed by atoms with Crippen LogP contribution in [0.15, 0.2) is 88.8 Å². The monoisotopic (exact) mass is 413 g/mol. The molecule has 0 radical (unpaired) electrons. The molecule has 9 nitrogen and oxygen atoms in total. The first-order valence-corrected chi connectivity index (χ1v) is 9.20. The molecule has 0 aliphatic rings. The lowest BCUT2D eigenvalue weighted by Crippen LogP contribution is -2.27. The number of benzene rings is 3. The minimum Gasteiger partial charge on any atom is -0.319 e. The molecular weight excluding hydrogens is 398 g/mol. The van der Waals surface area contributed by atoms with Gasteiger partial charge < -0.3 is 4.98 Å². The number of nitro benzene ring substituents is 1. The first-order valence-electron chi connectivity index (χ1n) is 9.20. The molecule has 2 N–H and O–H groups in total. The number of hydrazone groups is 1. The van der Waals surface area contributed by atoms with Crippen molar-refractivity contribution in [3.63, 3.8) is 0 Å². The molecular formula is C22H15N5O4. The summed E-state index contributed by atoms with van der Waals surface area (Å²) in [6.07, 6.45) is 0. The fourth-order valence-electron chi connectivity index (χ4n) is 2.91. The molecule has 0 saturated heterocycles. The van der Waals surface area contributed by atoms with Gasteiger partial charge in [-0.3, -0.25) is 25.1 Å². The van der Waals surface area contributed by atoms with E-state index in [0.717, 1.165) is 0 Å². The van der Waals surface area contributed by atoms with E-state index in [1.54, 1.807) is 48.5 Å². The van der Waals surface area contributed by atoms with Crippen molar-refractivity contribution in [3.8, 4) is 0 Å². The van der Waals surface area contributed by atoms with Crippen molar-refractivity contribution < 1.29 is 9.72 Å². The number of nitro groups is 1. The van der Waals surface area contributed by atoms with Gasteiger partial charge in [0.25, 0.3) is 11.2 Å². The number of ketones is 1. The van der Waals surface area contributed by atoms with E-state index in [0.29, 0.717) is 16.7 Å². The van der Waals surface area contributed by atoms with Crippen LogP contribution in [0.2, 0.25) is 0 Å². The largest absolute Gasteiger partial charge is 0.319 e. The highest BCUT2D eigenvalue weighted by Gasteiger charge is 2.22. The number of hydrogen-bond donors (Lipinski definition) is 2. The van der Waals surface area contributed by atoms with Crippen LogP contribution in [0.5, 0.6) is 0 Å². The molecule has 4 rings (SSSR count). The lowest BCUT2D eigenvalue weighted by Gasteiger charge is -2.08. The van der Waals surface area contributed by atoms with E-state index in [9.17, 15) is 19.7 Å². The second kappa shape index (κ2) is 8.37. The number of fused-ring (bicyclic) bond motifs is 1. The van der Waals surface area contributed by atoms with Crippen molar-refractivity contribution >= 4 is 33.9 Å². The van der Waals surface area contributed by atoms with Crippen LogP contribution in [0.3, 0.4) is 0 Å². The second-order valence-electron chi connectivity index (χ2n) is 6.50. The number of carbonyl (C=O) groups excluding carboxylic acids is 1. The normalized spacial score (nSPS) is 11.3. The quantitative estimate of drug-likeness (QED) is 0.215. The Morgan fingerprint density at radius 2 is 1.65 bits per heavy atom. The summed E-state index contributed by atoms with van der Waals surface area (Å²) in [6.45, 7) is 0. The number of non-ortho nitro benzene ring substituents is 1. The molecule has 0 aliphatic heterocycles. The molecule has 3 aromatic carbocycles. The number of hydrogen-bond acceptors (Lipinski definition) is 7. The fourth-order valence-corrected chi connectivity index (χ4v) is 2.91. The number of carbonyl (C=O) groups is 1. The van der Waals surface area contributed by atoms with E-state index in [4.69, 9.17) is 0 Å². The number of rotatable bonds is 6. The Morgan fingerprint density at radius 3 is 2.35 bits per heavy atom. The molecule has 0 saturated carbocycles. The first-order chi connectivity index (χ1) is 15.0. The van der Waals surface area contributed by atoms with Crippen molar-refractivity contribution in [1.82, 2.24) is 9.97 Å². The predicted octanol–water partition coefficient (Wildman–Crippen LogP) is 3.53. The number of aromatic amines is 1. The molecule has 0 fully saturated rings. The standard InChI is InChI=1S/C22H15N5O4/c28-21(14-10-12-16(13-11-14)27(30)31)19(26-25-15-6-2-1-3-7-15)20-22(29)24-18-9-5-4-8-17(18)23-20/h1-13,25H,(H,24,29)/b26-19-. The molecule has 0 spiro atoms. The zero-order chi connectivity index (χ0) is 21.8. The van der Waals surface area contributed by atoms with Gasteiger partial charge in [0.2, 0.25) is 5.78 Å². The number of para-hydroxylation sites is 3. The van der Waals surface area contributed by atoms with E-state index in [1.807, 2.05) is 6.07 Å². The number of nitrogens with zero attached hydrogens (tertiary/aromatic N) is 3. The van der Waals surface area contributed by atoms with Gasteiger partial charge in [0.1, 0.15) is 0 Å². The van der Waals surface area contributed by atoms with Crippen molar-refractivity contribution in [2.24, 2.45) is 5.10 Å². The molecule has 1 heterocycles. The van der Waals surface area contributed by atoms with Crippen molar-refractivity contribution in [2.75, 3.05) is 5.43 Å². The lowest BCUT2D eigenvalue weighted by atomic mass is 10.0. The third-order valence-corrected chi connectivity index (χ3v) is 4.45. The van der Waals surface area contributed by atoms with Gasteiger partial charge in [0.15, 0.2) is 11.4 Å².